The Morgan fingerprint density at radius 1 is 0.331 bits per heavy atom. The Kier molecular flexibility index (Phi) is 35.2. The maximum Gasteiger partial charge on any atom is 0.283 e. The lowest BCUT2D eigenvalue weighted by Crippen LogP contribution is -2.32. The van der Waals surface area contributed by atoms with Gasteiger partial charge in [-0.15, -0.1) is 9.97 Å². The van der Waals surface area contributed by atoms with Crippen molar-refractivity contribution in [1.82, 2.24) is 97.5 Å². The molecule has 8 heterocycles. The number of pyridine rings is 4. The van der Waals surface area contributed by atoms with Crippen LogP contribution in [0.5, 0.6) is 0 Å². The molecule has 0 radical (unpaired) electrons. The number of aromatic nitrogens is 12. The van der Waals surface area contributed by atoms with E-state index in [1.807, 2.05) is 203 Å². The minimum absolute atomic E-state index is 0.0229. The lowest BCUT2D eigenvalue weighted by molar-refractivity contribution is -0.119. The SMILES string of the molecule is Cc1cc(-c2cc(F)c3c(c2CC(=O)NS(=O)(=O)c2cc(C(C)N(C)C)n(C(C)C)n2)CCC3)ccn1.Cc1cc(-c2ccc3c(c2CC(=O)NS(=O)(=O)c2cc(C(C)N(C)C)n(C(C)C)n2)CCC3)ccn1.[C-]#[N+]c1cc(-c2cc(F)c3c(c2CC(=O)NS(=O)(=O)c2cc(C(C)N(C)C)n(C(C)C)n2)CCC3)ccn1.[C-]#[N+]c1cc(-c2ccc3c(c2CC(=O)NS(=O)(=O)c2cc(C(C)N(C)C)n(C(C)C)n2)CCC3)ccn1. The summed E-state index contributed by atoms with van der Waals surface area (Å²) in [6, 6.07) is 30.8. The van der Waals surface area contributed by atoms with Gasteiger partial charge in [0.15, 0.2) is 20.1 Å². The highest BCUT2D eigenvalue weighted by molar-refractivity contribution is 7.90. The van der Waals surface area contributed by atoms with E-state index in [9.17, 15) is 61.6 Å². The second-order valence-electron chi connectivity index (χ2n) is 40.1. The fourth-order valence-electron chi connectivity index (χ4n) is 19.3. The summed E-state index contributed by atoms with van der Waals surface area (Å²) in [5.74, 6) is -2.88. The second kappa shape index (κ2) is 46.6. The normalized spacial score (nSPS) is 14.1. The predicted molar refractivity (Wildman–Crippen MR) is 564 cm³/mol. The zero-order valence-corrected chi connectivity index (χ0v) is 91.2. The highest BCUT2D eigenvalue weighted by Crippen LogP contribution is 2.43. The standard InChI is InChI=1S/C27H31FN6O3S.C27H34FN5O3S.C27H32N6O3S.C27H35N5O3S/c1-16(2)34-24(17(3)33(5)6)15-27(31-34)38(36,37)32-26(35)14-22-19-8-7-9-20(19)23(28)13-21(22)18-10-11-30-25(12-18)29-4;1-16(2)33-25(18(4)32(5)6)15-27(30-33)37(35,36)31-26(34)14-23-20-8-7-9-21(20)24(28)13-22(23)19-10-11-29-17(3)12-19;1-17(2)33-24(18(3)32(5)6)16-27(30-33)37(35,36)31-26(34)15-23-21-9-7-8-19(21)10-11-22(23)20-12-13-29-25(14-20)28-4;1-17(2)32-25(19(4)31(5)6)16-27(29-32)36(34,35)30-26(33)15-24-22-9-7-8-20(22)10-11-23(24)21-12-13-28-18(3)14-21/h10-13,15-17H,7-9,14H2,1-3,5-6H3,(H,32,35);10-13,15-16,18H,7-9,14H2,1-6H3,(H,31,34);10-14,16-18H,7-9,15H2,1-3,5-6H3,(H,31,34);10-14,16-17,19H,7-9,15H2,1-6H3,(H,30,33). The summed E-state index contributed by atoms with van der Waals surface area (Å²) in [5.41, 5.74) is 20.7. The van der Waals surface area contributed by atoms with E-state index in [1.165, 1.54) is 53.7 Å². The van der Waals surface area contributed by atoms with Gasteiger partial charge in [0.1, 0.15) is 24.0 Å². The zero-order chi connectivity index (χ0) is 108. The van der Waals surface area contributed by atoms with Crippen molar-refractivity contribution < 1.29 is 61.6 Å². The van der Waals surface area contributed by atoms with Gasteiger partial charge >= 0.3 is 0 Å². The van der Waals surface area contributed by atoms with Gasteiger partial charge in [0.2, 0.25) is 23.6 Å². The Labute approximate surface area is 867 Å². The Morgan fingerprint density at radius 3 is 0.845 bits per heavy atom. The molecule has 40 heteroatoms. The van der Waals surface area contributed by atoms with Crippen molar-refractivity contribution in [2.45, 2.75) is 268 Å². The summed E-state index contributed by atoms with van der Waals surface area (Å²) in [5, 5.41) is 16.6. The van der Waals surface area contributed by atoms with Gasteiger partial charge in [0, 0.05) is 96.4 Å². The number of benzene rings is 4. The number of carbonyl (C=O) groups excluding carboxylic acids is 4. The molecule has 4 amide bonds. The minimum Gasteiger partial charge on any atom is -0.361 e. The van der Waals surface area contributed by atoms with Gasteiger partial charge in [-0.05, 0) is 402 Å². The van der Waals surface area contributed by atoms with E-state index < -0.39 is 63.7 Å². The van der Waals surface area contributed by atoms with Crippen LogP contribution < -0.4 is 18.9 Å². The molecule has 8 aromatic heterocycles. The van der Waals surface area contributed by atoms with Crippen LogP contribution in [0.1, 0.15) is 258 Å². The van der Waals surface area contributed by atoms with E-state index in [2.05, 4.69) is 81.0 Å². The van der Waals surface area contributed by atoms with Crippen LogP contribution in [0.15, 0.2) is 154 Å². The topological polar surface area (TPSA) is 397 Å². The monoisotopic (exact) mass is 2090 g/mol. The molecule has 4 N–H and O–H groups in total. The number of amides is 4. The molecule has 4 unspecified atom stereocenters. The van der Waals surface area contributed by atoms with Crippen LogP contribution in [0.3, 0.4) is 0 Å². The van der Waals surface area contributed by atoms with E-state index in [4.69, 9.17) is 13.1 Å². The quantitative estimate of drug-likeness (QED) is 0.0284. The summed E-state index contributed by atoms with van der Waals surface area (Å²) >= 11 is 0. The molecule has 0 spiro atoms. The van der Waals surface area contributed by atoms with Crippen LogP contribution in [0.25, 0.3) is 54.2 Å². The van der Waals surface area contributed by atoms with Crippen molar-refractivity contribution >= 4 is 75.4 Å². The van der Waals surface area contributed by atoms with Crippen molar-refractivity contribution in [3.8, 4) is 44.5 Å². The Bertz CT molecular complexity index is 7640. The van der Waals surface area contributed by atoms with E-state index in [-0.39, 0.29) is 117 Å². The van der Waals surface area contributed by atoms with Gasteiger partial charge in [-0.3, -0.25) is 47.9 Å². The molecule has 34 nitrogen and oxygen atoms in total. The maximum absolute atomic E-state index is 15.0. The van der Waals surface area contributed by atoms with Gasteiger partial charge < -0.3 is 29.3 Å². The van der Waals surface area contributed by atoms with E-state index in [0.717, 1.165) is 141 Å². The predicted octanol–water partition coefficient (Wildman–Crippen LogP) is 16.7. The largest absolute Gasteiger partial charge is 0.361 e. The van der Waals surface area contributed by atoms with Gasteiger partial charge in [0.05, 0.1) is 48.5 Å². The van der Waals surface area contributed by atoms with Crippen LogP contribution in [-0.4, -0.2) is 192 Å². The number of hydrogen-bond donors (Lipinski definition) is 4. The number of carbonyl (C=O) groups is 4. The fourth-order valence-corrected chi connectivity index (χ4v) is 23.1. The highest BCUT2D eigenvalue weighted by Gasteiger charge is 2.37. The van der Waals surface area contributed by atoms with E-state index in [1.54, 1.807) is 67.6 Å². The number of fused-ring (bicyclic) bond motifs is 4. The molecular formula is C108H132F2N22O12S4. The molecule has 0 bridgehead atoms. The third-order valence-corrected chi connectivity index (χ3v) is 32.7. The maximum atomic E-state index is 15.0. The highest BCUT2D eigenvalue weighted by atomic mass is 32.2. The number of nitrogens with zero attached hydrogens (tertiary/aromatic N) is 18. The summed E-state index contributed by atoms with van der Waals surface area (Å²) in [7, 11) is -1.51. The molecule has 148 heavy (non-hydrogen) atoms. The Morgan fingerprint density at radius 2 is 0.574 bits per heavy atom. The molecule has 0 saturated carbocycles. The smallest absolute Gasteiger partial charge is 0.283 e. The molecule has 12 aromatic rings. The lowest BCUT2D eigenvalue weighted by Gasteiger charge is -2.22. The minimum atomic E-state index is -4.26. The summed E-state index contributed by atoms with van der Waals surface area (Å²) in [6.07, 6.45) is 15.4. The molecule has 4 atom stereocenters. The Hall–Kier alpha value is -13.3. The number of rotatable bonds is 32. The third-order valence-electron chi connectivity index (χ3n) is 27.7. The van der Waals surface area contributed by atoms with Crippen LogP contribution in [0, 0.1) is 38.6 Å². The lowest BCUT2D eigenvalue weighted by atomic mass is 9.90. The number of nitrogens with one attached hydrogen (secondary N) is 4. The van der Waals surface area contributed by atoms with Crippen molar-refractivity contribution in [3.63, 3.8) is 0 Å². The molecular weight excluding hydrogens is 1960 g/mol. The van der Waals surface area contributed by atoms with Crippen molar-refractivity contribution in [2.24, 2.45) is 0 Å². The summed E-state index contributed by atoms with van der Waals surface area (Å²) in [6.45, 7) is 41.6. The van der Waals surface area contributed by atoms with Crippen molar-refractivity contribution in [1.29, 1.82) is 0 Å². The van der Waals surface area contributed by atoms with E-state index >= 15 is 0 Å². The van der Waals surface area contributed by atoms with Gasteiger partial charge in [0.25, 0.3) is 51.7 Å². The van der Waals surface area contributed by atoms with Crippen LogP contribution in [0.2, 0.25) is 0 Å². The third kappa shape index (κ3) is 25.4. The first-order valence-corrected chi connectivity index (χ1v) is 55.5. The number of hydrogen-bond acceptors (Lipinski definition) is 24. The molecule has 0 aliphatic heterocycles. The first kappa shape index (κ1) is 112. The van der Waals surface area contributed by atoms with Crippen molar-refractivity contribution in [3.05, 3.63) is 269 Å². The van der Waals surface area contributed by atoms with Gasteiger partial charge in [-0.1, -0.05) is 37.4 Å². The van der Waals surface area contributed by atoms with Crippen LogP contribution >= 0.6 is 0 Å². The average Bonchev–Trinajstić information content (AvgIpc) is 1.47. The average molecular weight is 2100 g/mol. The van der Waals surface area contributed by atoms with Gasteiger partial charge in [-0.2, -0.15) is 54.1 Å². The Balaban J connectivity index is 0.000000165. The zero-order valence-electron chi connectivity index (χ0n) is 88.0. The second-order valence-corrected chi connectivity index (χ2v) is 46.6. The first-order valence-electron chi connectivity index (χ1n) is 49.5. The molecule has 0 fully saturated rings. The number of aryl methyl sites for hydroxylation is 4. The molecule has 16 rings (SSSR count). The molecule has 0 saturated heterocycles. The number of sulfonamides is 4. The molecule has 4 aliphatic rings. The van der Waals surface area contributed by atoms with Crippen molar-refractivity contribution in [2.75, 3.05) is 56.4 Å². The molecule has 784 valence electrons. The number of halogens is 2. The van der Waals surface area contributed by atoms with E-state index in [0.29, 0.717) is 70.3 Å². The molecule has 4 aromatic carbocycles. The van der Waals surface area contributed by atoms with Crippen LogP contribution in [-0.2, 0) is 136 Å². The fraction of sp³-hybridized carbons (Fsp3) is 0.426. The van der Waals surface area contributed by atoms with Gasteiger partial charge in [-0.25, -0.2) is 27.7 Å². The first-order chi connectivity index (χ1) is 69.8. The summed E-state index contributed by atoms with van der Waals surface area (Å²) < 4.78 is 151. The summed E-state index contributed by atoms with van der Waals surface area (Å²) in [4.78, 5) is 83.8. The molecule has 4 aliphatic carbocycles. The van der Waals surface area contributed by atoms with Crippen LogP contribution in [0.4, 0.5) is 20.4 Å².